The van der Waals surface area contributed by atoms with Crippen LogP contribution in [0.2, 0.25) is 0 Å². The Kier molecular flexibility index (Phi) is 4.31. The van der Waals surface area contributed by atoms with Gasteiger partial charge in [-0.15, -0.1) is 0 Å². The summed E-state index contributed by atoms with van der Waals surface area (Å²) in [4.78, 5) is 3.99. The molecule has 0 atom stereocenters. The van der Waals surface area contributed by atoms with E-state index in [0.29, 0.717) is 5.70 Å². The van der Waals surface area contributed by atoms with Gasteiger partial charge in [-0.1, -0.05) is 37.5 Å². The van der Waals surface area contributed by atoms with Crippen molar-refractivity contribution in [2.24, 2.45) is 0 Å². The number of aliphatic hydroxyl groups is 1. The minimum Gasteiger partial charge on any atom is -0.390 e. The summed E-state index contributed by atoms with van der Waals surface area (Å²) in [5, 5.41) is 8.94. The molecule has 0 saturated carbocycles. The first-order valence-corrected chi connectivity index (χ1v) is 4.56. The maximum absolute atomic E-state index is 8.94. The Morgan fingerprint density at radius 1 is 1.47 bits per heavy atom. The number of aliphatic hydroxyl groups excluding tert-OH is 1. The molecule has 0 fully saturated rings. The van der Waals surface area contributed by atoms with Gasteiger partial charge in [0.15, 0.2) is 0 Å². The molecular weight excluding hydrogens is 188 g/mol. The van der Waals surface area contributed by atoms with Gasteiger partial charge in [-0.2, -0.15) is 0 Å². The molecule has 1 aromatic heterocycles. The van der Waals surface area contributed by atoms with Crippen LogP contribution in [0.3, 0.4) is 0 Å². The highest BCUT2D eigenvalue weighted by Crippen LogP contribution is 2.08. The van der Waals surface area contributed by atoms with E-state index in [4.69, 9.17) is 5.11 Å². The van der Waals surface area contributed by atoms with Gasteiger partial charge in [-0.3, -0.25) is 0 Å². The summed E-state index contributed by atoms with van der Waals surface area (Å²) in [5.74, 6) is 0. The quantitative estimate of drug-likeness (QED) is 0.742. The second-order valence-corrected chi connectivity index (χ2v) is 2.89. The molecule has 1 aromatic rings. The third-order valence-electron chi connectivity index (χ3n) is 1.82. The molecule has 1 N–H and O–H groups in total. The zero-order valence-corrected chi connectivity index (χ0v) is 8.50. The van der Waals surface area contributed by atoms with Gasteiger partial charge >= 0.3 is 0 Å². The predicted octanol–water partition coefficient (Wildman–Crippen LogP) is 2.10. The monoisotopic (exact) mass is 202 g/mol. The molecule has 15 heavy (non-hydrogen) atoms. The lowest BCUT2D eigenvalue weighted by molar-refractivity contribution is 0.344. The molecule has 0 aliphatic heterocycles. The van der Waals surface area contributed by atoms with Gasteiger partial charge in [0.05, 0.1) is 24.8 Å². The number of nitrogens with zero attached hydrogens (tertiary/aromatic N) is 2. The summed E-state index contributed by atoms with van der Waals surface area (Å²) in [6.07, 6.45) is 12.5. The van der Waals surface area contributed by atoms with E-state index in [0.717, 1.165) is 5.69 Å². The fourth-order valence-electron chi connectivity index (χ4n) is 1.07. The Balaban J connectivity index is 2.81. The van der Waals surface area contributed by atoms with Crippen molar-refractivity contribution < 1.29 is 5.11 Å². The van der Waals surface area contributed by atoms with Crippen LogP contribution >= 0.6 is 0 Å². The summed E-state index contributed by atoms with van der Waals surface area (Å²) in [6, 6.07) is 0. The lowest BCUT2D eigenvalue weighted by atomic mass is 10.3. The molecule has 0 bridgehead atoms. The Labute approximate surface area is 89.4 Å². The Bertz CT molecular complexity index is 400. The van der Waals surface area contributed by atoms with Gasteiger partial charge in [-0.25, -0.2) is 4.98 Å². The molecule has 0 radical (unpaired) electrons. The summed E-state index contributed by atoms with van der Waals surface area (Å²) in [7, 11) is 0. The molecule has 0 unspecified atom stereocenters. The lowest BCUT2D eigenvalue weighted by Gasteiger charge is -2.04. The molecule has 0 aliphatic carbocycles. The fourth-order valence-corrected chi connectivity index (χ4v) is 1.07. The van der Waals surface area contributed by atoms with E-state index in [1.54, 1.807) is 23.2 Å². The van der Waals surface area contributed by atoms with Crippen LogP contribution in [0.4, 0.5) is 0 Å². The second-order valence-electron chi connectivity index (χ2n) is 2.89. The highest BCUT2D eigenvalue weighted by molar-refractivity contribution is 5.54. The van der Waals surface area contributed by atoms with E-state index in [-0.39, 0.29) is 6.61 Å². The van der Waals surface area contributed by atoms with Crippen molar-refractivity contribution in [1.82, 2.24) is 9.55 Å². The third kappa shape index (κ3) is 3.07. The van der Waals surface area contributed by atoms with Crippen LogP contribution in [0.25, 0.3) is 11.8 Å². The molecule has 1 rings (SSSR count). The highest BCUT2D eigenvalue weighted by atomic mass is 16.3. The minimum absolute atomic E-state index is 0.0836. The van der Waals surface area contributed by atoms with Crippen molar-refractivity contribution in [2.75, 3.05) is 6.61 Å². The van der Waals surface area contributed by atoms with Crippen molar-refractivity contribution in [3.05, 3.63) is 55.7 Å². The number of imidazole rings is 1. The maximum Gasteiger partial charge on any atom is 0.0994 e. The summed E-state index contributed by atoms with van der Waals surface area (Å²) < 4.78 is 1.73. The fraction of sp³-hybridized carbons (Fsp3) is 0.0833. The van der Waals surface area contributed by atoms with Crippen molar-refractivity contribution >= 4 is 11.8 Å². The first-order valence-electron chi connectivity index (χ1n) is 4.56. The summed E-state index contributed by atoms with van der Waals surface area (Å²) in [6.45, 7) is 7.21. The van der Waals surface area contributed by atoms with E-state index in [1.807, 2.05) is 24.3 Å². The average Bonchev–Trinajstić information content (AvgIpc) is 2.71. The average molecular weight is 202 g/mol. The summed E-state index contributed by atoms with van der Waals surface area (Å²) in [5.41, 5.74) is 1.47. The van der Waals surface area contributed by atoms with Crippen molar-refractivity contribution in [2.45, 2.75) is 0 Å². The number of hydrogen-bond acceptors (Lipinski definition) is 2. The zero-order chi connectivity index (χ0) is 11.1. The largest absolute Gasteiger partial charge is 0.390 e. The standard InChI is InChI=1S/C12H14N2O/c1-3-4-5-6-7-12-8-13-10-14(12)11(2)9-15/h3-8,10,15H,1-2,9H2/b5-4-,7-6-. The smallest absolute Gasteiger partial charge is 0.0994 e. The van der Waals surface area contributed by atoms with Crippen LogP contribution in [0.5, 0.6) is 0 Å². The van der Waals surface area contributed by atoms with Crippen LogP contribution in [0, 0.1) is 0 Å². The number of allylic oxidation sites excluding steroid dienone is 4. The van der Waals surface area contributed by atoms with Gasteiger partial charge in [0, 0.05) is 5.70 Å². The van der Waals surface area contributed by atoms with Crippen LogP contribution in [-0.2, 0) is 0 Å². The molecule has 0 spiro atoms. The maximum atomic E-state index is 8.94. The molecule has 0 amide bonds. The molecule has 0 saturated heterocycles. The molecule has 78 valence electrons. The van der Waals surface area contributed by atoms with Gasteiger partial charge in [-0.05, 0) is 6.08 Å². The van der Waals surface area contributed by atoms with Crippen molar-refractivity contribution in [3.8, 4) is 0 Å². The Hall–Kier alpha value is -1.87. The van der Waals surface area contributed by atoms with Gasteiger partial charge in [0.2, 0.25) is 0 Å². The lowest BCUT2D eigenvalue weighted by Crippen LogP contribution is -1.99. The first kappa shape index (κ1) is 11.2. The summed E-state index contributed by atoms with van der Waals surface area (Å²) >= 11 is 0. The second kappa shape index (κ2) is 5.78. The van der Waals surface area contributed by atoms with Crippen molar-refractivity contribution in [3.63, 3.8) is 0 Å². The van der Waals surface area contributed by atoms with Crippen molar-refractivity contribution in [1.29, 1.82) is 0 Å². The van der Waals surface area contributed by atoms with Crippen LogP contribution in [0.1, 0.15) is 5.69 Å². The zero-order valence-electron chi connectivity index (χ0n) is 8.50. The Morgan fingerprint density at radius 2 is 2.27 bits per heavy atom. The van der Waals surface area contributed by atoms with E-state index in [9.17, 15) is 0 Å². The molecule has 0 aliphatic rings. The molecule has 0 aromatic carbocycles. The van der Waals surface area contributed by atoms with Crippen LogP contribution in [0.15, 0.2) is 50.0 Å². The van der Waals surface area contributed by atoms with E-state index in [1.165, 1.54) is 0 Å². The molecule has 3 heteroatoms. The number of aromatic nitrogens is 2. The van der Waals surface area contributed by atoms with E-state index in [2.05, 4.69) is 18.1 Å². The van der Waals surface area contributed by atoms with E-state index < -0.39 is 0 Å². The third-order valence-corrected chi connectivity index (χ3v) is 1.82. The predicted molar refractivity (Wildman–Crippen MR) is 63.0 cm³/mol. The van der Waals surface area contributed by atoms with Crippen LogP contribution < -0.4 is 0 Å². The molecular formula is C12H14N2O. The highest BCUT2D eigenvalue weighted by Gasteiger charge is 1.99. The van der Waals surface area contributed by atoms with Crippen LogP contribution in [-0.4, -0.2) is 21.3 Å². The molecule has 3 nitrogen and oxygen atoms in total. The van der Waals surface area contributed by atoms with E-state index >= 15 is 0 Å². The SMILES string of the molecule is C=C/C=C\C=C/c1cncn1C(=C)CO. The van der Waals surface area contributed by atoms with Gasteiger partial charge < -0.3 is 9.67 Å². The topological polar surface area (TPSA) is 38.0 Å². The van der Waals surface area contributed by atoms with Gasteiger partial charge in [0.25, 0.3) is 0 Å². The Morgan fingerprint density at radius 3 is 2.93 bits per heavy atom. The number of hydrogen-bond donors (Lipinski definition) is 1. The minimum atomic E-state index is -0.0836. The molecule has 1 heterocycles. The number of rotatable bonds is 5. The normalized spacial score (nSPS) is 11.3. The van der Waals surface area contributed by atoms with Gasteiger partial charge in [0.1, 0.15) is 0 Å². The first-order chi connectivity index (χ1) is 7.29.